The van der Waals surface area contributed by atoms with E-state index in [1.165, 1.54) is 27.1 Å². The van der Waals surface area contributed by atoms with Crippen molar-refractivity contribution >= 4 is 11.3 Å². The fraction of sp³-hybridized carbons (Fsp3) is 0.444. The normalized spacial score (nSPS) is 14.2. The second-order valence-corrected chi connectivity index (χ2v) is 6.90. The molecule has 0 saturated heterocycles. The Kier molecular flexibility index (Phi) is 5.00. The number of thiophene rings is 1. The van der Waals surface area contributed by atoms with Gasteiger partial charge in [0, 0.05) is 17.0 Å². The number of aryl methyl sites for hydroxylation is 3. The molecule has 1 aromatic carbocycles. The van der Waals surface area contributed by atoms with Gasteiger partial charge in [0.25, 0.3) is 0 Å². The number of hydrogen-bond acceptors (Lipinski definition) is 2. The summed E-state index contributed by atoms with van der Waals surface area (Å²) in [5, 5.41) is 5.88. The van der Waals surface area contributed by atoms with Crippen LogP contribution in [0.3, 0.4) is 0 Å². The number of rotatable bonds is 5. The number of nitrogens with one attached hydrogen (secondary N) is 1. The van der Waals surface area contributed by atoms with Crippen LogP contribution in [0.2, 0.25) is 0 Å². The molecule has 2 heteroatoms. The lowest BCUT2D eigenvalue weighted by Crippen LogP contribution is -2.30. The van der Waals surface area contributed by atoms with Crippen molar-refractivity contribution in [3.05, 3.63) is 56.8 Å². The first-order chi connectivity index (χ1) is 9.47. The molecule has 1 aromatic heterocycles. The van der Waals surface area contributed by atoms with Gasteiger partial charge in [-0.15, -0.1) is 11.3 Å². The molecule has 0 radical (unpaired) electrons. The third kappa shape index (κ3) is 3.71. The van der Waals surface area contributed by atoms with Crippen molar-refractivity contribution in [1.29, 1.82) is 0 Å². The number of benzene rings is 1. The molecule has 20 heavy (non-hydrogen) atoms. The Morgan fingerprint density at radius 2 is 1.75 bits per heavy atom. The van der Waals surface area contributed by atoms with Crippen molar-refractivity contribution in [1.82, 2.24) is 5.32 Å². The van der Waals surface area contributed by atoms with Crippen molar-refractivity contribution in [3.8, 4) is 0 Å². The molecule has 0 spiro atoms. The van der Waals surface area contributed by atoms with Gasteiger partial charge in [-0.25, -0.2) is 0 Å². The lowest BCUT2D eigenvalue weighted by atomic mass is 9.96. The molecule has 1 nitrogen and oxygen atoms in total. The van der Waals surface area contributed by atoms with Crippen LogP contribution in [0.1, 0.15) is 47.0 Å². The predicted molar refractivity (Wildman–Crippen MR) is 89.7 cm³/mol. The van der Waals surface area contributed by atoms with Crippen LogP contribution < -0.4 is 5.32 Å². The molecular formula is C18H25NS. The Morgan fingerprint density at radius 1 is 1.05 bits per heavy atom. The predicted octanol–water partition coefficient (Wildman–Crippen LogP) is 4.96. The van der Waals surface area contributed by atoms with Crippen LogP contribution in [0, 0.1) is 20.8 Å². The molecule has 0 amide bonds. The minimum absolute atomic E-state index is 0.393. The summed E-state index contributed by atoms with van der Waals surface area (Å²) in [7, 11) is 0. The average molecular weight is 287 g/mol. The maximum Gasteiger partial charge on any atom is 0.0297 e. The quantitative estimate of drug-likeness (QED) is 0.820. The van der Waals surface area contributed by atoms with Gasteiger partial charge in [-0.3, -0.25) is 0 Å². The third-order valence-electron chi connectivity index (χ3n) is 3.97. The molecule has 108 valence electrons. The van der Waals surface area contributed by atoms with Gasteiger partial charge in [0.15, 0.2) is 0 Å². The van der Waals surface area contributed by atoms with Gasteiger partial charge < -0.3 is 5.32 Å². The van der Waals surface area contributed by atoms with E-state index in [9.17, 15) is 0 Å². The highest BCUT2D eigenvalue weighted by atomic mass is 32.1. The van der Waals surface area contributed by atoms with Gasteiger partial charge in [-0.2, -0.15) is 0 Å². The van der Waals surface area contributed by atoms with Gasteiger partial charge in [-0.1, -0.05) is 18.2 Å². The van der Waals surface area contributed by atoms with E-state index in [-0.39, 0.29) is 0 Å². The SMILES string of the molecule is Cc1cc(C)c(C(C)NC(C)Cc2cccs2)cc1C. The first-order valence-corrected chi connectivity index (χ1v) is 8.21. The van der Waals surface area contributed by atoms with Crippen LogP contribution in [0.25, 0.3) is 0 Å². The van der Waals surface area contributed by atoms with Crippen LogP contribution in [0.5, 0.6) is 0 Å². The zero-order chi connectivity index (χ0) is 14.7. The van der Waals surface area contributed by atoms with Crippen LogP contribution in [-0.2, 0) is 6.42 Å². The van der Waals surface area contributed by atoms with E-state index in [1.54, 1.807) is 0 Å². The van der Waals surface area contributed by atoms with Crippen molar-refractivity contribution in [2.24, 2.45) is 0 Å². The highest BCUT2D eigenvalue weighted by Gasteiger charge is 2.13. The van der Waals surface area contributed by atoms with E-state index < -0.39 is 0 Å². The molecule has 0 aliphatic rings. The van der Waals surface area contributed by atoms with Crippen LogP contribution >= 0.6 is 11.3 Å². The molecule has 0 saturated carbocycles. The summed E-state index contributed by atoms with van der Waals surface area (Å²) in [6.45, 7) is 11.1. The fourth-order valence-electron chi connectivity index (χ4n) is 2.76. The van der Waals surface area contributed by atoms with E-state index in [1.807, 2.05) is 11.3 Å². The fourth-order valence-corrected chi connectivity index (χ4v) is 3.59. The van der Waals surface area contributed by atoms with Gasteiger partial charge in [0.2, 0.25) is 0 Å². The Morgan fingerprint density at radius 3 is 2.40 bits per heavy atom. The zero-order valence-electron chi connectivity index (χ0n) is 13.2. The van der Waals surface area contributed by atoms with E-state index in [4.69, 9.17) is 0 Å². The molecule has 0 fully saturated rings. The Labute approximate surface area is 127 Å². The summed E-state index contributed by atoms with van der Waals surface area (Å²) >= 11 is 1.84. The van der Waals surface area contributed by atoms with Crippen molar-refractivity contribution in [3.63, 3.8) is 0 Å². The van der Waals surface area contributed by atoms with Crippen LogP contribution in [0.4, 0.5) is 0 Å². The summed E-state index contributed by atoms with van der Waals surface area (Å²) in [4.78, 5) is 1.45. The minimum atomic E-state index is 0.393. The largest absolute Gasteiger partial charge is 0.307 e. The second kappa shape index (κ2) is 6.55. The van der Waals surface area contributed by atoms with Crippen LogP contribution in [0.15, 0.2) is 29.6 Å². The maximum atomic E-state index is 3.73. The molecular weight excluding hydrogens is 262 g/mol. The van der Waals surface area contributed by atoms with Gasteiger partial charge in [0.1, 0.15) is 0 Å². The summed E-state index contributed by atoms with van der Waals surface area (Å²) < 4.78 is 0. The average Bonchev–Trinajstić information content (AvgIpc) is 2.86. The smallest absolute Gasteiger partial charge is 0.0297 e. The van der Waals surface area contributed by atoms with E-state index >= 15 is 0 Å². The molecule has 0 aliphatic heterocycles. The molecule has 1 N–H and O–H groups in total. The molecule has 1 heterocycles. The summed E-state index contributed by atoms with van der Waals surface area (Å²) in [6, 6.07) is 9.86. The monoisotopic (exact) mass is 287 g/mol. The summed E-state index contributed by atoms with van der Waals surface area (Å²) in [5.74, 6) is 0. The molecule has 2 unspecified atom stereocenters. The molecule has 2 aromatic rings. The highest BCUT2D eigenvalue weighted by molar-refractivity contribution is 7.09. The first-order valence-electron chi connectivity index (χ1n) is 7.33. The lowest BCUT2D eigenvalue weighted by Gasteiger charge is -2.22. The topological polar surface area (TPSA) is 12.0 Å². The minimum Gasteiger partial charge on any atom is -0.307 e. The first kappa shape index (κ1) is 15.3. The van der Waals surface area contributed by atoms with E-state index in [0.29, 0.717) is 12.1 Å². The Balaban J connectivity index is 2.04. The lowest BCUT2D eigenvalue weighted by molar-refractivity contribution is 0.477. The highest BCUT2D eigenvalue weighted by Crippen LogP contribution is 2.22. The molecule has 0 bridgehead atoms. The standard InChI is InChI=1S/C18H25NS/c1-12-9-14(3)18(10-13(12)2)16(5)19-15(4)11-17-7-6-8-20-17/h6-10,15-16,19H,11H2,1-5H3. The van der Waals surface area contributed by atoms with Gasteiger partial charge >= 0.3 is 0 Å². The summed E-state index contributed by atoms with van der Waals surface area (Å²) in [5.41, 5.74) is 5.57. The second-order valence-electron chi connectivity index (χ2n) is 5.87. The summed E-state index contributed by atoms with van der Waals surface area (Å²) in [6.07, 6.45) is 1.10. The van der Waals surface area contributed by atoms with Crippen molar-refractivity contribution in [2.45, 2.75) is 53.1 Å². The maximum absolute atomic E-state index is 3.73. The molecule has 2 atom stereocenters. The van der Waals surface area contributed by atoms with E-state index in [2.05, 4.69) is 69.6 Å². The third-order valence-corrected chi connectivity index (χ3v) is 4.87. The van der Waals surface area contributed by atoms with Gasteiger partial charge in [0.05, 0.1) is 0 Å². The van der Waals surface area contributed by atoms with E-state index in [0.717, 1.165) is 6.42 Å². The Bertz CT molecular complexity index is 557. The molecule has 0 aliphatic carbocycles. The Hall–Kier alpha value is -1.12. The number of hydrogen-bond donors (Lipinski definition) is 1. The van der Waals surface area contributed by atoms with Crippen LogP contribution in [-0.4, -0.2) is 6.04 Å². The van der Waals surface area contributed by atoms with Crippen molar-refractivity contribution < 1.29 is 0 Å². The molecule has 2 rings (SSSR count). The van der Waals surface area contributed by atoms with Crippen molar-refractivity contribution in [2.75, 3.05) is 0 Å². The zero-order valence-corrected chi connectivity index (χ0v) is 14.0. The van der Waals surface area contributed by atoms with Gasteiger partial charge in [-0.05, 0) is 74.7 Å².